The zero-order valence-electron chi connectivity index (χ0n) is 18.8. The Morgan fingerprint density at radius 3 is 2.51 bits per heavy atom. The smallest absolute Gasteiger partial charge is 0.340 e. The molecule has 0 aliphatic carbocycles. The summed E-state index contributed by atoms with van der Waals surface area (Å²) in [5.41, 5.74) is 0.544. The highest BCUT2D eigenvalue weighted by Gasteiger charge is 2.22. The molecule has 4 aromatic rings. The number of aryl methyl sites for hydroxylation is 1. The topological polar surface area (TPSA) is 99.5 Å². The number of aromatic nitrogens is 1. The van der Waals surface area contributed by atoms with Gasteiger partial charge in [0.25, 0.3) is 5.56 Å². The molecule has 7 nitrogen and oxygen atoms in total. The lowest BCUT2D eigenvalue weighted by atomic mass is 10.0. The van der Waals surface area contributed by atoms with E-state index in [4.69, 9.17) is 4.74 Å². The van der Waals surface area contributed by atoms with Gasteiger partial charge in [-0.25, -0.2) is 17.6 Å². The van der Waals surface area contributed by atoms with E-state index in [1.54, 1.807) is 29.6 Å². The maximum absolute atomic E-state index is 15.1. The lowest BCUT2D eigenvalue weighted by molar-refractivity contribution is -0.116. The summed E-state index contributed by atoms with van der Waals surface area (Å²) in [6, 6.07) is 11.8. The van der Waals surface area contributed by atoms with Gasteiger partial charge in [0.15, 0.2) is 15.6 Å². The number of sulfone groups is 1. The van der Waals surface area contributed by atoms with Gasteiger partial charge in [-0.3, -0.25) is 14.2 Å². The molecule has 0 aliphatic rings. The fourth-order valence-corrected chi connectivity index (χ4v) is 6.10. The molecule has 0 fully saturated rings. The summed E-state index contributed by atoms with van der Waals surface area (Å²) in [4.78, 5) is 37.9. The Bertz CT molecular complexity index is 1620. The summed E-state index contributed by atoms with van der Waals surface area (Å²) in [6.45, 7) is 1.82. The molecule has 0 atom stereocenters. The van der Waals surface area contributed by atoms with E-state index in [2.05, 4.69) is 0 Å². The maximum atomic E-state index is 15.1. The summed E-state index contributed by atoms with van der Waals surface area (Å²) in [5, 5.41) is 2.22. The number of hydrogen-bond acceptors (Lipinski definition) is 7. The number of Topliss-reactive ketones (excluding diaryl/α,β-unsaturated/α-hetero) is 1. The molecule has 0 aliphatic heterocycles. The number of carbonyl (C=O) groups excluding carboxylic acids is 2. The van der Waals surface area contributed by atoms with E-state index in [9.17, 15) is 22.8 Å². The molecule has 2 aromatic carbocycles. The van der Waals surface area contributed by atoms with E-state index in [1.165, 1.54) is 31.5 Å². The molecule has 35 heavy (non-hydrogen) atoms. The van der Waals surface area contributed by atoms with Gasteiger partial charge in [-0.2, -0.15) is 0 Å². The first-order valence-electron chi connectivity index (χ1n) is 10.4. The van der Waals surface area contributed by atoms with Gasteiger partial charge >= 0.3 is 5.97 Å². The van der Waals surface area contributed by atoms with E-state index in [0.29, 0.717) is 5.39 Å². The summed E-state index contributed by atoms with van der Waals surface area (Å²) in [6.07, 6.45) is 0.938. The molecule has 0 N–H and O–H groups in total. The maximum Gasteiger partial charge on any atom is 0.340 e. The minimum absolute atomic E-state index is 0.0969. The standard InChI is InChI=1S/C25H20FNO6S2/c1-15-5-7-18-19(10-15)20(25(30)33-2)13-27(24(18)29)22-8-6-16(12-21(22)26)11-17(28)14-35(31,32)23-4-3-9-34-23/h3-10,12-13H,11,14H2,1-2H3. The molecule has 0 spiro atoms. The van der Waals surface area contributed by atoms with Crippen LogP contribution in [-0.2, 0) is 25.8 Å². The van der Waals surface area contributed by atoms with Crippen LogP contribution in [0.3, 0.4) is 0 Å². The number of esters is 1. The summed E-state index contributed by atoms with van der Waals surface area (Å²) in [5.74, 6) is -2.76. The normalized spacial score (nSPS) is 11.5. The van der Waals surface area contributed by atoms with E-state index in [1.807, 2.05) is 6.92 Å². The predicted molar refractivity (Wildman–Crippen MR) is 131 cm³/mol. The van der Waals surface area contributed by atoms with Crippen molar-refractivity contribution in [2.45, 2.75) is 17.6 Å². The van der Waals surface area contributed by atoms with Gasteiger partial charge in [0.05, 0.1) is 18.4 Å². The monoisotopic (exact) mass is 513 g/mol. The van der Waals surface area contributed by atoms with Gasteiger partial charge in [-0.15, -0.1) is 11.3 Å². The second kappa shape index (κ2) is 9.55. The SMILES string of the molecule is COC(=O)c1cn(-c2ccc(CC(=O)CS(=O)(=O)c3cccs3)cc2F)c(=O)c2ccc(C)cc12. The number of methoxy groups -OCH3 is 1. The summed E-state index contributed by atoms with van der Waals surface area (Å²) >= 11 is 1.02. The van der Waals surface area contributed by atoms with Crippen molar-refractivity contribution in [3.8, 4) is 5.69 Å². The van der Waals surface area contributed by atoms with Crippen LogP contribution >= 0.6 is 11.3 Å². The third-order valence-electron chi connectivity index (χ3n) is 5.40. The summed E-state index contributed by atoms with van der Waals surface area (Å²) < 4.78 is 45.7. The van der Waals surface area contributed by atoms with Crippen LogP contribution < -0.4 is 5.56 Å². The van der Waals surface area contributed by atoms with Gasteiger partial charge < -0.3 is 4.74 Å². The Balaban J connectivity index is 1.68. The third-order valence-corrected chi connectivity index (χ3v) is 8.57. The van der Waals surface area contributed by atoms with Crippen molar-refractivity contribution < 1.29 is 27.1 Å². The van der Waals surface area contributed by atoms with Crippen LogP contribution in [0.4, 0.5) is 4.39 Å². The van der Waals surface area contributed by atoms with Crippen molar-refractivity contribution >= 4 is 43.7 Å². The van der Waals surface area contributed by atoms with Crippen molar-refractivity contribution in [2.24, 2.45) is 0 Å². The highest BCUT2D eigenvalue weighted by molar-refractivity contribution is 7.94. The molecule has 2 heterocycles. The highest BCUT2D eigenvalue weighted by Crippen LogP contribution is 2.23. The van der Waals surface area contributed by atoms with Crippen LogP contribution in [0.2, 0.25) is 0 Å². The van der Waals surface area contributed by atoms with Crippen molar-refractivity contribution in [3.63, 3.8) is 0 Å². The largest absolute Gasteiger partial charge is 0.465 e. The predicted octanol–water partition coefficient (Wildman–Crippen LogP) is 3.87. The lowest BCUT2D eigenvalue weighted by Gasteiger charge is -2.13. The Hall–Kier alpha value is -3.63. The van der Waals surface area contributed by atoms with E-state index >= 15 is 4.39 Å². The van der Waals surface area contributed by atoms with Crippen LogP contribution in [0.25, 0.3) is 16.5 Å². The number of ether oxygens (including phenoxy) is 1. The number of rotatable bonds is 7. The van der Waals surface area contributed by atoms with Crippen LogP contribution in [0.1, 0.15) is 21.5 Å². The molecule has 0 saturated heterocycles. The number of fused-ring (bicyclic) bond motifs is 1. The van der Waals surface area contributed by atoms with Crippen LogP contribution in [0.15, 0.2) is 69.1 Å². The number of hydrogen-bond donors (Lipinski definition) is 0. The van der Waals surface area contributed by atoms with E-state index < -0.39 is 38.7 Å². The fraction of sp³-hybridized carbons (Fsp3) is 0.160. The average Bonchev–Trinajstić information content (AvgIpc) is 3.35. The van der Waals surface area contributed by atoms with Crippen molar-refractivity contribution in [1.82, 2.24) is 4.57 Å². The van der Waals surface area contributed by atoms with Gasteiger partial charge in [0, 0.05) is 23.4 Å². The number of nitrogens with zero attached hydrogens (tertiary/aromatic N) is 1. The first kappa shape index (κ1) is 24.5. The first-order valence-corrected chi connectivity index (χ1v) is 12.9. The molecule has 0 radical (unpaired) electrons. The Morgan fingerprint density at radius 2 is 1.86 bits per heavy atom. The van der Waals surface area contributed by atoms with Crippen LogP contribution in [0, 0.1) is 12.7 Å². The minimum atomic E-state index is -3.76. The molecule has 0 saturated carbocycles. The van der Waals surface area contributed by atoms with E-state index in [-0.39, 0.29) is 32.8 Å². The molecule has 0 amide bonds. The Kier molecular flexibility index (Phi) is 6.68. The van der Waals surface area contributed by atoms with Gasteiger partial charge in [-0.05, 0) is 42.1 Å². The second-order valence-electron chi connectivity index (χ2n) is 7.95. The molecule has 4 rings (SSSR count). The number of ketones is 1. The third kappa shape index (κ3) is 4.94. The molecule has 2 aromatic heterocycles. The van der Waals surface area contributed by atoms with Gasteiger partial charge in [0.2, 0.25) is 0 Å². The number of benzene rings is 2. The molecule has 0 unspecified atom stereocenters. The van der Waals surface area contributed by atoms with E-state index in [0.717, 1.165) is 27.5 Å². The fourth-order valence-electron chi connectivity index (χ4n) is 3.76. The first-order chi connectivity index (χ1) is 16.6. The van der Waals surface area contributed by atoms with Crippen LogP contribution in [-0.4, -0.2) is 37.6 Å². The molecular formula is C25H20FNO6S2. The molecule has 10 heteroatoms. The Labute approximate surface area is 204 Å². The molecule has 180 valence electrons. The van der Waals surface area contributed by atoms with Crippen molar-refractivity contribution in [3.05, 3.63) is 93.0 Å². The number of carbonyl (C=O) groups is 2. The van der Waals surface area contributed by atoms with Crippen LogP contribution in [0.5, 0.6) is 0 Å². The van der Waals surface area contributed by atoms with Crippen molar-refractivity contribution in [2.75, 3.05) is 12.9 Å². The number of halogens is 1. The Morgan fingerprint density at radius 1 is 1.09 bits per heavy atom. The lowest BCUT2D eigenvalue weighted by Crippen LogP contribution is -2.22. The van der Waals surface area contributed by atoms with Gasteiger partial charge in [0.1, 0.15) is 15.8 Å². The average molecular weight is 514 g/mol. The zero-order chi connectivity index (χ0) is 25.3. The summed E-state index contributed by atoms with van der Waals surface area (Å²) in [7, 11) is -2.54. The van der Waals surface area contributed by atoms with Gasteiger partial charge in [-0.1, -0.05) is 29.8 Å². The molecule has 0 bridgehead atoms. The second-order valence-corrected chi connectivity index (χ2v) is 11.1. The number of thiophene rings is 1. The number of pyridine rings is 1. The quantitative estimate of drug-likeness (QED) is 0.348. The van der Waals surface area contributed by atoms with Crippen molar-refractivity contribution in [1.29, 1.82) is 0 Å². The highest BCUT2D eigenvalue weighted by atomic mass is 32.2. The minimum Gasteiger partial charge on any atom is -0.465 e. The molecular weight excluding hydrogens is 493 g/mol. The zero-order valence-corrected chi connectivity index (χ0v) is 20.4.